The minimum absolute atomic E-state index is 0.352. The summed E-state index contributed by atoms with van der Waals surface area (Å²) >= 11 is 0. The van der Waals surface area contributed by atoms with Crippen LogP contribution in [0.5, 0.6) is 0 Å². The molecule has 4 atom stereocenters. The molecule has 2 unspecified atom stereocenters. The first-order valence-electron chi connectivity index (χ1n) is 17.4. The zero-order chi connectivity index (χ0) is 30.5. The molecule has 0 radical (unpaired) electrons. The molecule has 3 aromatic rings. The van der Waals surface area contributed by atoms with E-state index in [0.29, 0.717) is 28.8 Å². The van der Waals surface area contributed by atoms with Crippen LogP contribution in [-0.2, 0) is 12.8 Å². The molecule has 45 heavy (non-hydrogen) atoms. The molecule has 3 fully saturated rings. The summed E-state index contributed by atoms with van der Waals surface area (Å²) in [5.74, 6) is 1.53. The van der Waals surface area contributed by atoms with E-state index in [1.807, 2.05) is 0 Å². The smallest absolute Gasteiger partial charge is 0.0666 e. The van der Waals surface area contributed by atoms with Gasteiger partial charge in [-0.05, 0) is 117 Å². The second-order valence-corrected chi connectivity index (χ2v) is 16.5. The Kier molecular flexibility index (Phi) is 6.25. The second kappa shape index (κ2) is 10.1. The summed E-state index contributed by atoms with van der Waals surface area (Å²) < 4.78 is 0. The highest BCUT2D eigenvalue weighted by Gasteiger charge is 2.42. The maximum Gasteiger partial charge on any atom is 0.0666 e. The van der Waals surface area contributed by atoms with Crippen LogP contribution in [-0.4, -0.2) is 36.6 Å². The molecule has 2 saturated heterocycles. The Morgan fingerprint density at radius 2 is 1.40 bits per heavy atom. The van der Waals surface area contributed by atoms with Crippen molar-refractivity contribution in [3.8, 4) is 22.3 Å². The lowest BCUT2D eigenvalue weighted by atomic mass is 9.73. The quantitative estimate of drug-likeness (QED) is 0.311. The van der Waals surface area contributed by atoms with Gasteiger partial charge in [0.05, 0.1) is 5.69 Å². The molecular weight excluding hydrogens is 548 g/mol. The van der Waals surface area contributed by atoms with Gasteiger partial charge in [-0.2, -0.15) is 0 Å². The third-order valence-corrected chi connectivity index (χ3v) is 11.9. The van der Waals surface area contributed by atoms with Crippen molar-refractivity contribution >= 4 is 22.7 Å². The highest BCUT2D eigenvalue weighted by atomic mass is 15.0. The van der Waals surface area contributed by atoms with Gasteiger partial charge in [0.15, 0.2) is 0 Å². The van der Waals surface area contributed by atoms with Gasteiger partial charge < -0.3 is 10.6 Å². The largest absolute Gasteiger partial charge is 0.308 e. The van der Waals surface area contributed by atoms with E-state index in [9.17, 15) is 0 Å². The van der Waals surface area contributed by atoms with Crippen LogP contribution in [0.1, 0.15) is 88.0 Å². The van der Waals surface area contributed by atoms with Crippen LogP contribution in [0.2, 0.25) is 0 Å². The highest BCUT2D eigenvalue weighted by molar-refractivity contribution is 6.02. The zero-order valence-electron chi connectivity index (χ0n) is 27.3. The Hall–Kier alpha value is -3.34. The first kappa shape index (κ1) is 27.9. The van der Waals surface area contributed by atoms with Gasteiger partial charge in [-0.25, -0.2) is 0 Å². The normalized spacial score (nSPS) is 28.7. The van der Waals surface area contributed by atoms with Crippen LogP contribution >= 0.6 is 0 Å². The Labute approximate surface area is 268 Å². The minimum atomic E-state index is 0.352. The molecule has 6 aliphatic rings. The van der Waals surface area contributed by atoms with Crippen molar-refractivity contribution < 1.29 is 0 Å². The van der Waals surface area contributed by atoms with E-state index < -0.39 is 0 Å². The lowest BCUT2D eigenvalue weighted by Gasteiger charge is -2.31. The molecule has 2 aliphatic carbocycles. The Morgan fingerprint density at radius 3 is 2.09 bits per heavy atom. The van der Waals surface area contributed by atoms with Gasteiger partial charge in [0, 0.05) is 55.6 Å². The molecule has 4 aliphatic heterocycles. The van der Waals surface area contributed by atoms with Crippen molar-refractivity contribution in [1.82, 2.24) is 10.6 Å². The van der Waals surface area contributed by atoms with E-state index >= 15 is 0 Å². The molecule has 4 nitrogen and oxygen atoms in total. The van der Waals surface area contributed by atoms with Crippen molar-refractivity contribution in [2.75, 3.05) is 13.1 Å². The maximum absolute atomic E-state index is 5.10. The monoisotopic (exact) mass is 594 g/mol. The highest BCUT2D eigenvalue weighted by Crippen LogP contribution is 2.56. The number of fused-ring (bicyclic) bond motifs is 4. The average molecular weight is 595 g/mol. The van der Waals surface area contributed by atoms with E-state index in [0.717, 1.165) is 31.8 Å². The van der Waals surface area contributed by atoms with E-state index in [2.05, 4.69) is 99.1 Å². The van der Waals surface area contributed by atoms with E-state index in [-0.39, 0.29) is 0 Å². The van der Waals surface area contributed by atoms with E-state index in [1.165, 1.54) is 88.2 Å². The number of aliphatic imine (C=N–C) groups is 2. The molecule has 2 N–H and O–H groups in total. The van der Waals surface area contributed by atoms with Crippen LogP contribution in [0.4, 0.5) is 5.69 Å². The fourth-order valence-electron chi connectivity index (χ4n) is 9.25. The molecule has 9 rings (SSSR count). The number of hydrogen-bond donors (Lipinski definition) is 2. The van der Waals surface area contributed by atoms with Crippen molar-refractivity contribution in [3.05, 3.63) is 83.1 Å². The predicted octanol–water partition coefficient (Wildman–Crippen LogP) is 8.66. The molecular formula is C41H46N4. The summed E-state index contributed by atoms with van der Waals surface area (Å²) in [4.78, 5) is 9.97. The van der Waals surface area contributed by atoms with Crippen molar-refractivity contribution in [3.63, 3.8) is 0 Å². The molecule has 0 amide bonds. The van der Waals surface area contributed by atoms with Crippen LogP contribution in [0, 0.1) is 16.7 Å². The van der Waals surface area contributed by atoms with Gasteiger partial charge in [-0.3, -0.25) is 9.98 Å². The molecule has 4 heteroatoms. The zero-order valence-corrected chi connectivity index (χ0v) is 27.3. The van der Waals surface area contributed by atoms with Gasteiger partial charge in [-0.1, -0.05) is 70.2 Å². The van der Waals surface area contributed by atoms with Crippen molar-refractivity contribution in [2.24, 2.45) is 26.7 Å². The maximum atomic E-state index is 5.10. The van der Waals surface area contributed by atoms with Gasteiger partial charge in [0.25, 0.3) is 0 Å². The lowest BCUT2D eigenvalue weighted by Crippen LogP contribution is -2.30. The molecule has 230 valence electrons. The summed E-state index contributed by atoms with van der Waals surface area (Å²) in [7, 11) is 0. The Bertz CT molecular complexity index is 1800. The van der Waals surface area contributed by atoms with Crippen LogP contribution in [0.3, 0.4) is 0 Å². The number of rotatable bonds is 5. The molecule has 4 heterocycles. The number of hydrogen-bond acceptors (Lipinski definition) is 4. The topological polar surface area (TPSA) is 48.8 Å². The predicted molar refractivity (Wildman–Crippen MR) is 188 cm³/mol. The number of benzene rings is 3. The minimum Gasteiger partial charge on any atom is -0.308 e. The SMILES string of the molecule is CC1(C)CN[C@H](C2=NC=C(c3ccc(-c4ccc(-c5ccc6c(c5)CC([C@@H]5CC(C)(C)CN5)=N6)c5c4C4CCC4C5)cc3)C2)C1. The number of nitrogens with zero attached hydrogens (tertiary/aromatic N) is 2. The van der Waals surface area contributed by atoms with Crippen molar-refractivity contribution in [1.29, 1.82) is 0 Å². The summed E-state index contributed by atoms with van der Waals surface area (Å²) in [5.41, 5.74) is 17.4. The first-order valence-corrected chi connectivity index (χ1v) is 17.4. The summed E-state index contributed by atoms with van der Waals surface area (Å²) in [6.45, 7) is 11.6. The summed E-state index contributed by atoms with van der Waals surface area (Å²) in [6.07, 6.45) is 10.3. The third-order valence-electron chi connectivity index (χ3n) is 11.9. The Morgan fingerprint density at radius 1 is 0.711 bits per heavy atom. The van der Waals surface area contributed by atoms with E-state index in [1.54, 1.807) is 11.1 Å². The van der Waals surface area contributed by atoms with Crippen LogP contribution < -0.4 is 10.6 Å². The summed E-state index contributed by atoms with van der Waals surface area (Å²) in [5, 5.41) is 7.44. The lowest BCUT2D eigenvalue weighted by molar-refractivity contribution is 0.281. The van der Waals surface area contributed by atoms with Gasteiger partial charge in [0.2, 0.25) is 0 Å². The molecule has 0 aromatic heterocycles. The third kappa shape index (κ3) is 4.79. The first-order chi connectivity index (χ1) is 21.7. The molecule has 3 aromatic carbocycles. The number of nitrogens with one attached hydrogen (secondary N) is 2. The molecule has 0 spiro atoms. The number of allylic oxidation sites excluding steroid dienone is 1. The van der Waals surface area contributed by atoms with E-state index in [4.69, 9.17) is 9.98 Å². The summed E-state index contributed by atoms with van der Waals surface area (Å²) in [6, 6.07) is 22.1. The van der Waals surface area contributed by atoms with Gasteiger partial charge in [0.1, 0.15) is 0 Å². The standard InChI is InChI=1S/C41H46N4/c1-40(2)19-37(43-22-40)35-18-29(21-42-35)24-5-7-25(8-6-24)31-13-12-30(33-16-27-9-11-32(27)39(31)33)26-10-14-34-28(15-26)17-36(45-34)38-20-41(3,4)23-44-38/h5-8,10,12-15,21,27,32,37-38,43-44H,9,11,16-20,22-23H2,1-4H3/t27?,32?,37-,38-/m0/s1. The fraction of sp³-hybridized carbons (Fsp3) is 0.463. The van der Waals surface area contributed by atoms with Crippen LogP contribution in [0.25, 0.3) is 27.8 Å². The molecule has 1 saturated carbocycles. The average Bonchev–Trinajstić information content (AvgIpc) is 3.83. The van der Waals surface area contributed by atoms with Crippen LogP contribution in [0.15, 0.2) is 70.8 Å². The Balaban J connectivity index is 0.967. The van der Waals surface area contributed by atoms with Gasteiger partial charge >= 0.3 is 0 Å². The fourth-order valence-corrected chi connectivity index (χ4v) is 9.25. The van der Waals surface area contributed by atoms with Crippen molar-refractivity contribution in [2.45, 2.75) is 90.6 Å². The van der Waals surface area contributed by atoms with Gasteiger partial charge in [-0.15, -0.1) is 0 Å². The second-order valence-electron chi connectivity index (χ2n) is 16.5. The molecule has 0 bridgehead atoms.